The largest absolute Gasteiger partial charge is 0.481 e. The van der Waals surface area contributed by atoms with Crippen molar-refractivity contribution in [1.82, 2.24) is 0 Å². The van der Waals surface area contributed by atoms with Gasteiger partial charge >= 0.3 is 5.97 Å². The van der Waals surface area contributed by atoms with Crippen molar-refractivity contribution in [2.24, 2.45) is 0 Å². The Labute approximate surface area is 81.4 Å². The molecule has 0 aliphatic carbocycles. The summed E-state index contributed by atoms with van der Waals surface area (Å²) in [7, 11) is 0. The molecular weight excluding hydrogens is 186 g/mol. The molecule has 1 unspecified atom stereocenters. The van der Waals surface area contributed by atoms with Crippen LogP contribution in [0.1, 0.15) is 19.8 Å². The molecule has 0 aliphatic heterocycles. The molecular formula is C9H13NO2S. The number of thiophene rings is 1. The van der Waals surface area contributed by atoms with Gasteiger partial charge in [-0.05, 0) is 24.8 Å². The highest BCUT2D eigenvalue weighted by atomic mass is 32.1. The molecule has 72 valence electrons. The van der Waals surface area contributed by atoms with E-state index in [1.165, 1.54) is 0 Å². The number of carboxylic acid groups (broad SMARTS) is 1. The van der Waals surface area contributed by atoms with E-state index in [-0.39, 0.29) is 12.5 Å². The van der Waals surface area contributed by atoms with Crippen molar-refractivity contribution in [1.29, 1.82) is 0 Å². The zero-order valence-electron chi connectivity index (χ0n) is 7.49. The summed E-state index contributed by atoms with van der Waals surface area (Å²) in [5, 5.41) is 15.7. The van der Waals surface area contributed by atoms with E-state index >= 15 is 0 Å². The van der Waals surface area contributed by atoms with Gasteiger partial charge in [0.25, 0.3) is 0 Å². The number of nitrogens with one attached hydrogen (secondary N) is 1. The highest BCUT2D eigenvalue weighted by Crippen LogP contribution is 2.14. The number of aliphatic carboxylic acids is 1. The second-order valence-electron chi connectivity index (χ2n) is 2.99. The zero-order chi connectivity index (χ0) is 9.68. The minimum Gasteiger partial charge on any atom is -0.481 e. The third-order valence-electron chi connectivity index (χ3n) is 1.73. The fourth-order valence-electron chi connectivity index (χ4n) is 1.04. The SMILES string of the molecule is CC(CCC(=O)O)Nc1ccsc1. The third-order valence-corrected chi connectivity index (χ3v) is 2.41. The lowest BCUT2D eigenvalue weighted by Crippen LogP contribution is -2.15. The molecule has 0 spiro atoms. The molecule has 0 bridgehead atoms. The van der Waals surface area contributed by atoms with E-state index in [4.69, 9.17) is 5.11 Å². The average molecular weight is 199 g/mol. The molecule has 1 aromatic heterocycles. The summed E-state index contributed by atoms with van der Waals surface area (Å²) >= 11 is 1.63. The van der Waals surface area contributed by atoms with Crippen molar-refractivity contribution in [2.45, 2.75) is 25.8 Å². The van der Waals surface area contributed by atoms with E-state index in [1.807, 2.05) is 23.8 Å². The van der Waals surface area contributed by atoms with Gasteiger partial charge in [-0.25, -0.2) is 0 Å². The molecule has 1 aromatic rings. The van der Waals surface area contributed by atoms with Crippen LogP contribution in [-0.4, -0.2) is 17.1 Å². The van der Waals surface area contributed by atoms with E-state index in [0.717, 1.165) is 5.69 Å². The molecule has 0 aromatic carbocycles. The summed E-state index contributed by atoms with van der Waals surface area (Å²) < 4.78 is 0. The Kier molecular flexibility index (Phi) is 3.76. The molecule has 4 heteroatoms. The molecule has 2 N–H and O–H groups in total. The summed E-state index contributed by atoms with van der Waals surface area (Å²) in [5.74, 6) is -0.737. The minimum absolute atomic E-state index is 0.214. The van der Waals surface area contributed by atoms with Crippen molar-refractivity contribution in [3.05, 3.63) is 16.8 Å². The van der Waals surface area contributed by atoms with Crippen LogP contribution in [0.3, 0.4) is 0 Å². The Morgan fingerprint density at radius 2 is 2.54 bits per heavy atom. The van der Waals surface area contributed by atoms with Gasteiger partial charge in [0, 0.05) is 23.5 Å². The van der Waals surface area contributed by atoms with Gasteiger partial charge in [-0.2, -0.15) is 11.3 Å². The lowest BCUT2D eigenvalue weighted by Gasteiger charge is -2.11. The fourth-order valence-corrected chi connectivity index (χ4v) is 1.64. The van der Waals surface area contributed by atoms with Crippen LogP contribution in [0, 0.1) is 0 Å². The molecule has 0 amide bonds. The quantitative estimate of drug-likeness (QED) is 0.765. The standard InChI is InChI=1S/C9H13NO2S/c1-7(2-3-9(11)12)10-8-4-5-13-6-8/h4-7,10H,2-3H2,1H3,(H,11,12). The molecule has 3 nitrogen and oxygen atoms in total. The minimum atomic E-state index is -0.737. The van der Waals surface area contributed by atoms with E-state index < -0.39 is 5.97 Å². The maximum Gasteiger partial charge on any atom is 0.303 e. The Balaban J connectivity index is 2.25. The normalized spacial score (nSPS) is 12.4. The molecule has 0 fully saturated rings. The molecule has 0 saturated heterocycles. The Morgan fingerprint density at radius 3 is 3.08 bits per heavy atom. The van der Waals surface area contributed by atoms with Crippen molar-refractivity contribution >= 4 is 23.0 Å². The lowest BCUT2D eigenvalue weighted by molar-refractivity contribution is -0.137. The Morgan fingerprint density at radius 1 is 1.77 bits per heavy atom. The molecule has 1 heterocycles. The molecule has 0 radical (unpaired) electrons. The molecule has 0 saturated carbocycles. The summed E-state index contributed by atoms with van der Waals surface area (Å²) in [6.07, 6.45) is 0.878. The first-order valence-electron chi connectivity index (χ1n) is 4.19. The zero-order valence-corrected chi connectivity index (χ0v) is 8.30. The monoisotopic (exact) mass is 199 g/mol. The lowest BCUT2D eigenvalue weighted by atomic mass is 10.2. The predicted molar refractivity (Wildman–Crippen MR) is 54.3 cm³/mol. The number of carbonyl (C=O) groups is 1. The van der Waals surface area contributed by atoms with E-state index in [9.17, 15) is 4.79 Å². The van der Waals surface area contributed by atoms with Crippen LogP contribution in [-0.2, 0) is 4.79 Å². The average Bonchev–Trinajstić information content (AvgIpc) is 2.53. The van der Waals surface area contributed by atoms with Crippen molar-refractivity contribution < 1.29 is 9.90 Å². The second-order valence-corrected chi connectivity index (χ2v) is 3.77. The maximum atomic E-state index is 10.3. The molecule has 1 rings (SSSR count). The van der Waals surface area contributed by atoms with Gasteiger partial charge in [0.2, 0.25) is 0 Å². The number of hydrogen-bond donors (Lipinski definition) is 2. The van der Waals surface area contributed by atoms with E-state index in [0.29, 0.717) is 6.42 Å². The van der Waals surface area contributed by atoms with Crippen molar-refractivity contribution in [2.75, 3.05) is 5.32 Å². The Hall–Kier alpha value is -1.03. The summed E-state index contributed by atoms with van der Waals surface area (Å²) in [4.78, 5) is 10.3. The van der Waals surface area contributed by atoms with E-state index in [1.54, 1.807) is 11.3 Å². The maximum absolute atomic E-state index is 10.3. The highest BCUT2D eigenvalue weighted by Gasteiger charge is 2.04. The van der Waals surface area contributed by atoms with Crippen molar-refractivity contribution in [3.63, 3.8) is 0 Å². The summed E-state index contributed by atoms with van der Waals surface area (Å²) in [6, 6.07) is 2.20. The van der Waals surface area contributed by atoms with Gasteiger partial charge in [0.05, 0.1) is 0 Å². The second kappa shape index (κ2) is 4.87. The van der Waals surface area contributed by atoms with Crippen LogP contribution >= 0.6 is 11.3 Å². The van der Waals surface area contributed by atoms with Crippen LogP contribution in [0.4, 0.5) is 5.69 Å². The van der Waals surface area contributed by atoms with Crippen LogP contribution in [0.5, 0.6) is 0 Å². The van der Waals surface area contributed by atoms with Gasteiger partial charge in [-0.3, -0.25) is 4.79 Å². The third kappa shape index (κ3) is 3.94. The number of anilines is 1. The van der Waals surface area contributed by atoms with Gasteiger partial charge in [0.15, 0.2) is 0 Å². The van der Waals surface area contributed by atoms with Gasteiger partial charge in [-0.1, -0.05) is 0 Å². The fraction of sp³-hybridized carbons (Fsp3) is 0.444. The Bertz CT molecular complexity index is 259. The van der Waals surface area contributed by atoms with Crippen molar-refractivity contribution in [3.8, 4) is 0 Å². The predicted octanol–water partition coefficient (Wildman–Crippen LogP) is 2.41. The number of rotatable bonds is 5. The molecule has 0 aliphatic rings. The molecule has 1 atom stereocenters. The topological polar surface area (TPSA) is 49.3 Å². The van der Waals surface area contributed by atoms with E-state index in [2.05, 4.69) is 5.32 Å². The smallest absolute Gasteiger partial charge is 0.303 e. The van der Waals surface area contributed by atoms with Crippen LogP contribution in [0.25, 0.3) is 0 Å². The van der Waals surface area contributed by atoms with Gasteiger partial charge < -0.3 is 10.4 Å². The summed E-state index contributed by atoms with van der Waals surface area (Å²) in [5.41, 5.74) is 1.07. The van der Waals surface area contributed by atoms with Crippen LogP contribution in [0.15, 0.2) is 16.8 Å². The van der Waals surface area contributed by atoms with Crippen LogP contribution < -0.4 is 5.32 Å². The number of carboxylic acids is 1. The van der Waals surface area contributed by atoms with Gasteiger partial charge in [0.1, 0.15) is 0 Å². The van der Waals surface area contributed by atoms with Crippen LogP contribution in [0.2, 0.25) is 0 Å². The summed E-state index contributed by atoms with van der Waals surface area (Å²) in [6.45, 7) is 1.99. The first kappa shape index (κ1) is 10.1. The molecule has 13 heavy (non-hydrogen) atoms. The van der Waals surface area contributed by atoms with Gasteiger partial charge in [-0.15, -0.1) is 0 Å². The highest BCUT2D eigenvalue weighted by molar-refractivity contribution is 7.08. The number of hydrogen-bond acceptors (Lipinski definition) is 3. The first-order valence-corrected chi connectivity index (χ1v) is 5.13. The first-order chi connectivity index (χ1) is 6.18.